The zero-order chi connectivity index (χ0) is 12.8. The van der Waals surface area contributed by atoms with Gasteiger partial charge in [0.25, 0.3) is 0 Å². The first kappa shape index (κ1) is 11.7. The third-order valence-corrected chi connectivity index (χ3v) is 3.10. The van der Waals surface area contributed by atoms with E-state index in [0.717, 1.165) is 5.56 Å². The third-order valence-electron chi connectivity index (χ3n) is 3.10. The van der Waals surface area contributed by atoms with Crippen LogP contribution in [-0.2, 0) is 9.47 Å². The van der Waals surface area contributed by atoms with Crippen molar-refractivity contribution in [1.82, 2.24) is 0 Å². The molecule has 1 fully saturated rings. The second-order valence-electron chi connectivity index (χ2n) is 4.99. The third kappa shape index (κ3) is 2.13. The highest BCUT2D eigenvalue weighted by atomic mass is 19.1. The smallest absolute Gasteiger partial charge is 0.163 e. The average Bonchev–Trinajstić information content (AvgIpc) is 2.69. The SMILES string of the molecule is CC1(C)OCC(C2C=Cc3cc(F)ccc3O2)O1. The van der Waals surface area contributed by atoms with E-state index in [0.29, 0.717) is 12.4 Å². The topological polar surface area (TPSA) is 27.7 Å². The monoisotopic (exact) mass is 250 g/mol. The minimum atomic E-state index is -0.565. The van der Waals surface area contributed by atoms with Gasteiger partial charge in [-0.05, 0) is 38.1 Å². The lowest BCUT2D eigenvalue weighted by Gasteiger charge is -2.26. The summed E-state index contributed by atoms with van der Waals surface area (Å²) in [6.45, 7) is 4.25. The van der Waals surface area contributed by atoms with Crippen molar-refractivity contribution in [2.45, 2.75) is 31.8 Å². The highest BCUT2D eigenvalue weighted by Crippen LogP contribution is 2.32. The van der Waals surface area contributed by atoms with Gasteiger partial charge in [0, 0.05) is 5.56 Å². The van der Waals surface area contributed by atoms with Crippen LogP contribution in [0.25, 0.3) is 6.08 Å². The summed E-state index contributed by atoms with van der Waals surface area (Å²) in [5.41, 5.74) is 0.754. The van der Waals surface area contributed by atoms with Crippen LogP contribution in [0.4, 0.5) is 4.39 Å². The van der Waals surface area contributed by atoms with Crippen molar-refractivity contribution in [1.29, 1.82) is 0 Å². The molecule has 0 spiro atoms. The Bertz CT molecular complexity index is 496. The molecule has 96 valence electrons. The predicted molar refractivity (Wildman–Crippen MR) is 64.8 cm³/mol. The molecule has 2 atom stereocenters. The average molecular weight is 250 g/mol. The Morgan fingerprint density at radius 1 is 1.33 bits per heavy atom. The molecule has 4 heteroatoms. The molecule has 2 unspecified atom stereocenters. The summed E-state index contributed by atoms with van der Waals surface area (Å²) in [7, 11) is 0. The first-order valence-corrected chi connectivity index (χ1v) is 6.00. The van der Waals surface area contributed by atoms with Crippen molar-refractivity contribution in [3.63, 3.8) is 0 Å². The van der Waals surface area contributed by atoms with E-state index in [-0.39, 0.29) is 18.0 Å². The molecule has 1 saturated heterocycles. The van der Waals surface area contributed by atoms with E-state index in [1.165, 1.54) is 12.1 Å². The molecule has 0 N–H and O–H groups in total. The van der Waals surface area contributed by atoms with Crippen LogP contribution in [0.3, 0.4) is 0 Å². The molecule has 2 aliphatic rings. The maximum atomic E-state index is 13.1. The highest BCUT2D eigenvalue weighted by molar-refractivity contribution is 5.60. The highest BCUT2D eigenvalue weighted by Gasteiger charge is 2.38. The Balaban J connectivity index is 1.78. The van der Waals surface area contributed by atoms with Crippen LogP contribution >= 0.6 is 0 Å². The molecule has 3 nitrogen and oxygen atoms in total. The number of fused-ring (bicyclic) bond motifs is 1. The van der Waals surface area contributed by atoms with Crippen LogP contribution in [0.5, 0.6) is 5.75 Å². The first-order chi connectivity index (χ1) is 8.53. The normalized spacial score (nSPS) is 28.8. The van der Waals surface area contributed by atoms with Gasteiger partial charge in [-0.1, -0.05) is 6.08 Å². The van der Waals surface area contributed by atoms with Crippen LogP contribution in [-0.4, -0.2) is 24.6 Å². The maximum Gasteiger partial charge on any atom is 0.163 e. The summed E-state index contributed by atoms with van der Waals surface area (Å²) in [6.07, 6.45) is 3.43. The summed E-state index contributed by atoms with van der Waals surface area (Å²) in [6, 6.07) is 4.49. The van der Waals surface area contributed by atoms with Crippen molar-refractivity contribution < 1.29 is 18.6 Å². The van der Waals surface area contributed by atoms with E-state index in [4.69, 9.17) is 14.2 Å². The number of hydrogen-bond donors (Lipinski definition) is 0. The Hall–Kier alpha value is -1.39. The summed E-state index contributed by atoms with van der Waals surface area (Å²) in [5, 5.41) is 0. The van der Waals surface area contributed by atoms with E-state index >= 15 is 0 Å². The molecule has 3 rings (SSSR count). The zero-order valence-electron chi connectivity index (χ0n) is 10.4. The molecule has 18 heavy (non-hydrogen) atoms. The molecular formula is C14H15FO3. The van der Waals surface area contributed by atoms with E-state index in [2.05, 4.69) is 0 Å². The van der Waals surface area contributed by atoms with Crippen molar-refractivity contribution in [2.24, 2.45) is 0 Å². The van der Waals surface area contributed by atoms with Crippen molar-refractivity contribution in [3.8, 4) is 5.75 Å². The van der Waals surface area contributed by atoms with Gasteiger partial charge < -0.3 is 14.2 Å². The summed E-state index contributed by atoms with van der Waals surface area (Å²) < 4.78 is 30.1. The predicted octanol–water partition coefficient (Wildman–Crippen LogP) is 2.75. The van der Waals surface area contributed by atoms with E-state index in [1.54, 1.807) is 6.07 Å². The van der Waals surface area contributed by atoms with Crippen LogP contribution in [0.15, 0.2) is 24.3 Å². The standard InChI is InChI=1S/C14H15FO3/c1-14(2)16-8-13(18-14)12-5-3-9-7-10(15)4-6-11(9)17-12/h3-7,12-13H,8H2,1-2H3. The van der Waals surface area contributed by atoms with Crippen molar-refractivity contribution >= 4 is 6.08 Å². The van der Waals surface area contributed by atoms with Gasteiger partial charge >= 0.3 is 0 Å². The van der Waals surface area contributed by atoms with Gasteiger partial charge in [0.2, 0.25) is 0 Å². The second-order valence-corrected chi connectivity index (χ2v) is 4.99. The van der Waals surface area contributed by atoms with Crippen LogP contribution in [0.2, 0.25) is 0 Å². The number of hydrogen-bond acceptors (Lipinski definition) is 3. The molecule has 0 bridgehead atoms. The van der Waals surface area contributed by atoms with E-state index in [9.17, 15) is 4.39 Å². The largest absolute Gasteiger partial charge is 0.483 e. The van der Waals surface area contributed by atoms with E-state index in [1.807, 2.05) is 26.0 Å². The quantitative estimate of drug-likeness (QED) is 0.767. The Labute approximate surface area is 105 Å². The lowest BCUT2D eigenvalue weighted by atomic mass is 10.1. The van der Waals surface area contributed by atoms with Crippen molar-refractivity contribution in [3.05, 3.63) is 35.7 Å². The Morgan fingerprint density at radius 3 is 2.89 bits per heavy atom. The second kappa shape index (κ2) is 4.07. The molecule has 2 heterocycles. The van der Waals surface area contributed by atoms with Gasteiger partial charge in [-0.15, -0.1) is 0 Å². The lowest BCUT2D eigenvalue weighted by molar-refractivity contribution is -0.145. The fraction of sp³-hybridized carbons (Fsp3) is 0.429. The van der Waals surface area contributed by atoms with Gasteiger partial charge in [-0.2, -0.15) is 0 Å². The molecule has 0 amide bonds. The zero-order valence-corrected chi connectivity index (χ0v) is 10.4. The fourth-order valence-corrected chi connectivity index (χ4v) is 2.22. The minimum Gasteiger partial charge on any atom is -0.483 e. The molecule has 0 aliphatic carbocycles. The van der Waals surface area contributed by atoms with Gasteiger partial charge in [-0.3, -0.25) is 0 Å². The van der Waals surface area contributed by atoms with Crippen molar-refractivity contribution in [2.75, 3.05) is 6.61 Å². The van der Waals surface area contributed by atoms with Crippen LogP contribution in [0, 0.1) is 5.82 Å². The Kier molecular flexibility index (Phi) is 2.64. The van der Waals surface area contributed by atoms with Crippen LogP contribution in [0.1, 0.15) is 19.4 Å². The number of benzene rings is 1. The minimum absolute atomic E-state index is 0.130. The van der Waals surface area contributed by atoms with E-state index < -0.39 is 5.79 Å². The lowest BCUT2D eigenvalue weighted by Crippen LogP contribution is -2.34. The summed E-state index contributed by atoms with van der Waals surface area (Å²) >= 11 is 0. The maximum absolute atomic E-state index is 13.1. The molecule has 1 aromatic carbocycles. The number of ether oxygens (including phenoxy) is 3. The molecule has 0 radical (unpaired) electrons. The molecule has 0 aromatic heterocycles. The fourth-order valence-electron chi connectivity index (χ4n) is 2.22. The molecular weight excluding hydrogens is 235 g/mol. The Morgan fingerprint density at radius 2 is 2.17 bits per heavy atom. The first-order valence-electron chi connectivity index (χ1n) is 6.00. The number of halogens is 1. The van der Waals surface area contributed by atoms with Crippen LogP contribution < -0.4 is 4.74 Å². The summed E-state index contributed by atoms with van der Waals surface area (Å²) in [4.78, 5) is 0. The number of rotatable bonds is 1. The summed E-state index contributed by atoms with van der Waals surface area (Å²) in [5.74, 6) is -0.149. The van der Waals surface area contributed by atoms with Gasteiger partial charge in [0.05, 0.1) is 6.61 Å². The van der Waals surface area contributed by atoms with Gasteiger partial charge in [-0.25, -0.2) is 4.39 Å². The molecule has 0 saturated carbocycles. The molecule has 1 aromatic rings. The molecule has 2 aliphatic heterocycles. The van der Waals surface area contributed by atoms with Gasteiger partial charge in [0.1, 0.15) is 23.8 Å². The van der Waals surface area contributed by atoms with Gasteiger partial charge in [0.15, 0.2) is 5.79 Å².